The van der Waals surface area contributed by atoms with Gasteiger partial charge < -0.3 is 0 Å². The molecular formula is C19H38NO. The zero-order valence-electron chi connectivity index (χ0n) is 15.2. The molecule has 125 valence electrons. The standard InChI is InChI=1S/C19H38NO/c1-6-7-8-9-10-11-12-13-14-17-15-18(2,3)20(21)19(4,5)16-17/h17H,6-16H2,1-5H3. The Balaban J connectivity index is 2.18. The van der Waals surface area contributed by atoms with Gasteiger partial charge in [-0.2, -0.15) is 0 Å². The zero-order chi connectivity index (χ0) is 15.9. The van der Waals surface area contributed by atoms with Crippen molar-refractivity contribution in [3.8, 4) is 0 Å². The predicted octanol–water partition coefficient (Wildman–Crippen LogP) is 6.13. The lowest BCUT2D eigenvalue weighted by molar-refractivity contribution is -0.294. The Bertz CT molecular complexity index is 267. The van der Waals surface area contributed by atoms with E-state index in [1.54, 1.807) is 0 Å². The summed E-state index contributed by atoms with van der Waals surface area (Å²) in [7, 11) is 0. The van der Waals surface area contributed by atoms with E-state index in [-0.39, 0.29) is 11.1 Å². The summed E-state index contributed by atoms with van der Waals surface area (Å²) in [5.41, 5.74) is -0.376. The molecule has 0 aromatic heterocycles. The number of nitrogens with zero attached hydrogens (tertiary/aromatic N) is 1. The molecule has 1 aliphatic rings. The molecule has 1 heterocycles. The van der Waals surface area contributed by atoms with Gasteiger partial charge in [-0.05, 0) is 46.5 Å². The average molecular weight is 297 g/mol. The summed E-state index contributed by atoms with van der Waals surface area (Å²) >= 11 is 0. The molecule has 0 spiro atoms. The minimum atomic E-state index is -0.188. The first-order chi connectivity index (χ1) is 9.79. The lowest BCUT2D eigenvalue weighted by Gasteiger charge is -2.50. The molecule has 0 aromatic carbocycles. The monoisotopic (exact) mass is 296 g/mol. The van der Waals surface area contributed by atoms with Crippen LogP contribution < -0.4 is 0 Å². The molecule has 0 aliphatic carbocycles. The first-order valence-corrected chi connectivity index (χ1v) is 9.27. The highest BCUT2D eigenvalue weighted by molar-refractivity contribution is 4.95. The number of unbranched alkanes of at least 4 members (excludes halogenated alkanes) is 7. The van der Waals surface area contributed by atoms with Gasteiger partial charge in [0.25, 0.3) is 0 Å². The summed E-state index contributed by atoms with van der Waals surface area (Å²) < 4.78 is 0. The second kappa shape index (κ2) is 8.53. The van der Waals surface area contributed by atoms with Crippen molar-refractivity contribution >= 4 is 0 Å². The predicted molar refractivity (Wildman–Crippen MR) is 90.6 cm³/mol. The van der Waals surface area contributed by atoms with E-state index in [2.05, 4.69) is 34.6 Å². The molecule has 1 aliphatic heterocycles. The molecule has 2 heteroatoms. The van der Waals surface area contributed by atoms with Gasteiger partial charge in [0.05, 0.1) is 0 Å². The molecule has 0 amide bonds. The minimum absolute atomic E-state index is 0.188. The van der Waals surface area contributed by atoms with E-state index in [0.717, 1.165) is 18.8 Å². The summed E-state index contributed by atoms with van der Waals surface area (Å²) in [6.45, 7) is 10.7. The van der Waals surface area contributed by atoms with Gasteiger partial charge in [0.15, 0.2) is 0 Å². The molecule has 0 bridgehead atoms. The number of hydroxylamine groups is 2. The van der Waals surface area contributed by atoms with E-state index in [1.165, 1.54) is 62.9 Å². The van der Waals surface area contributed by atoms with Crippen molar-refractivity contribution in [3.63, 3.8) is 0 Å². The Hall–Kier alpha value is -0.0800. The molecular weight excluding hydrogens is 258 g/mol. The van der Waals surface area contributed by atoms with Crippen LogP contribution in [0.3, 0.4) is 0 Å². The number of rotatable bonds is 9. The zero-order valence-corrected chi connectivity index (χ0v) is 15.2. The van der Waals surface area contributed by atoms with E-state index < -0.39 is 0 Å². The quantitative estimate of drug-likeness (QED) is 0.469. The second-order valence-electron chi connectivity index (χ2n) is 8.46. The van der Waals surface area contributed by atoms with E-state index in [9.17, 15) is 5.21 Å². The third kappa shape index (κ3) is 6.28. The molecule has 0 saturated carbocycles. The lowest BCUT2D eigenvalue weighted by atomic mass is 9.73. The van der Waals surface area contributed by atoms with Crippen LogP contribution in [0.5, 0.6) is 0 Å². The third-order valence-corrected chi connectivity index (χ3v) is 5.14. The second-order valence-corrected chi connectivity index (χ2v) is 8.46. The van der Waals surface area contributed by atoms with Crippen LogP contribution in [0, 0.1) is 5.92 Å². The fourth-order valence-corrected chi connectivity index (χ4v) is 4.24. The van der Waals surface area contributed by atoms with E-state index in [0.29, 0.717) is 0 Å². The molecule has 0 N–H and O–H groups in total. The molecule has 1 fully saturated rings. The van der Waals surface area contributed by atoms with Gasteiger partial charge in [0, 0.05) is 11.1 Å². The van der Waals surface area contributed by atoms with Crippen LogP contribution in [0.15, 0.2) is 0 Å². The largest absolute Gasteiger partial charge is 0.144 e. The third-order valence-electron chi connectivity index (χ3n) is 5.14. The van der Waals surface area contributed by atoms with Gasteiger partial charge in [-0.15, -0.1) is 10.3 Å². The van der Waals surface area contributed by atoms with Crippen molar-refractivity contribution in [2.75, 3.05) is 0 Å². The average Bonchev–Trinajstić information content (AvgIpc) is 2.38. The highest BCUT2D eigenvalue weighted by Gasteiger charge is 2.45. The van der Waals surface area contributed by atoms with Gasteiger partial charge >= 0.3 is 0 Å². The number of hydrogen-bond donors (Lipinski definition) is 0. The maximum absolute atomic E-state index is 12.3. The molecule has 1 radical (unpaired) electrons. The van der Waals surface area contributed by atoms with Crippen LogP contribution in [0.1, 0.15) is 105 Å². The van der Waals surface area contributed by atoms with E-state index >= 15 is 0 Å². The van der Waals surface area contributed by atoms with E-state index in [1.807, 2.05) is 0 Å². The highest BCUT2D eigenvalue weighted by atomic mass is 16.5. The maximum atomic E-state index is 12.3. The molecule has 2 nitrogen and oxygen atoms in total. The van der Waals surface area contributed by atoms with Crippen molar-refractivity contribution in [2.45, 2.75) is 116 Å². The van der Waals surface area contributed by atoms with Crippen LogP contribution in [0.25, 0.3) is 0 Å². The first-order valence-electron chi connectivity index (χ1n) is 9.27. The Morgan fingerprint density at radius 1 is 0.810 bits per heavy atom. The van der Waals surface area contributed by atoms with Gasteiger partial charge in [0.2, 0.25) is 0 Å². The van der Waals surface area contributed by atoms with Crippen LogP contribution in [-0.4, -0.2) is 16.1 Å². The first kappa shape index (κ1) is 19.0. The molecule has 0 atom stereocenters. The van der Waals surface area contributed by atoms with Gasteiger partial charge in [-0.3, -0.25) is 0 Å². The van der Waals surface area contributed by atoms with Gasteiger partial charge in [-0.1, -0.05) is 64.7 Å². The summed E-state index contributed by atoms with van der Waals surface area (Å²) in [4.78, 5) is 0. The summed E-state index contributed by atoms with van der Waals surface area (Å²) in [5, 5.41) is 13.7. The maximum Gasteiger partial charge on any atom is 0.0446 e. The summed E-state index contributed by atoms with van der Waals surface area (Å²) in [5.74, 6) is 0.736. The lowest BCUT2D eigenvalue weighted by Crippen LogP contribution is -2.58. The molecule has 0 unspecified atom stereocenters. The fourth-order valence-electron chi connectivity index (χ4n) is 4.24. The van der Waals surface area contributed by atoms with Gasteiger partial charge in [-0.25, -0.2) is 0 Å². The van der Waals surface area contributed by atoms with Crippen LogP contribution in [0.2, 0.25) is 0 Å². The summed E-state index contributed by atoms with van der Waals surface area (Å²) in [6, 6.07) is 0. The van der Waals surface area contributed by atoms with Gasteiger partial charge in [0.1, 0.15) is 0 Å². The van der Waals surface area contributed by atoms with Crippen LogP contribution in [0.4, 0.5) is 0 Å². The highest BCUT2D eigenvalue weighted by Crippen LogP contribution is 2.42. The smallest absolute Gasteiger partial charge is 0.0446 e. The number of hydrogen-bond acceptors (Lipinski definition) is 1. The Kier molecular flexibility index (Phi) is 7.70. The molecule has 1 saturated heterocycles. The summed E-state index contributed by atoms with van der Waals surface area (Å²) in [6.07, 6.45) is 14.6. The van der Waals surface area contributed by atoms with Crippen molar-refractivity contribution in [1.29, 1.82) is 0 Å². The normalized spacial score (nSPS) is 22.6. The van der Waals surface area contributed by atoms with Crippen molar-refractivity contribution in [1.82, 2.24) is 5.06 Å². The SMILES string of the molecule is CCCCCCCCCCC1CC(C)(C)N([O])C(C)(C)C1. The minimum Gasteiger partial charge on any atom is -0.144 e. The Morgan fingerprint density at radius 2 is 1.24 bits per heavy atom. The van der Waals surface area contributed by atoms with Crippen LogP contribution in [-0.2, 0) is 5.21 Å². The van der Waals surface area contributed by atoms with E-state index in [4.69, 9.17) is 0 Å². The van der Waals surface area contributed by atoms with Crippen LogP contribution >= 0.6 is 0 Å². The number of piperidine rings is 1. The van der Waals surface area contributed by atoms with Crippen molar-refractivity contribution in [2.24, 2.45) is 5.92 Å². The van der Waals surface area contributed by atoms with Crippen molar-refractivity contribution < 1.29 is 5.21 Å². The molecule has 21 heavy (non-hydrogen) atoms. The van der Waals surface area contributed by atoms with Crippen molar-refractivity contribution in [3.05, 3.63) is 0 Å². The molecule has 0 aromatic rings. The Morgan fingerprint density at radius 3 is 1.71 bits per heavy atom. The molecule has 1 rings (SSSR count). The Labute approximate surface area is 133 Å². The fraction of sp³-hybridized carbons (Fsp3) is 1.00. The topological polar surface area (TPSA) is 23.1 Å².